The van der Waals surface area contributed by atoms with Gasteiger partial charge in [-0.1, -0.05) is 36.2 Å². The Morgan fingerprint density at radius 3 is 2.53 bits per heavy atom. The van der Waals surface area contributed by atoms with E-state index in [0.717, 1.165) is 12.0 Å². The molecule has 0 unspecified atom stereocenters. The summed E-state index contributed by atoms with van der Waals surface area (Å²) in [6, 6.07) is 5.36. The normalized spacial score (nSPS) is 10.4. The molecule has 5 heteroatoms. The molecule has 2 nitrogen and oxygen atoms in total. The molecule has 1 amide bonds. The zero-order valence-electron chi connectivity index (χ0n) is 9.55. The molecule has 0 aliphatic carbocycles. The van der Waals surface area contributed by atoms with E-state index in [2.05, 4.69) is 0 Å². The average Bonchev–Trinajstić information content (AvgIpc) is 2.32. The first kappa shape index (κ1) is 14.6. The molecule has 0 aliphatic rings. The van der Waals surface area contributed by atoms with Crippen LogP contribution in [0.2, 0.25) is 10.0 Å². The molecule has 1 aromatic rings. The summed E-state index contributed by atoms with van der Waals surface area (Å²) < 4.78 is 0. The van der Waals surface area contributed by atoms with Crippen molar-refractivity contribution in [3.63, 3.8) is 0 Å². The van der Waals surface area contributed by atoms with Gasteiger partial charge < -0.3 is 4.90 Å². The van der Waals surface area contributed by atoms with Crippen LogP contribution in [0.15, 0.2) is 18.2 Å². The maximum absolute atomic E-state index is 11.6. The lowest BCUT2D eigenvalue weighted by molar-refractivity contribution is -0.129. The van der Waals surface area contributed by atoms with E-state index in [1.54, 1.807) is 17.0 Å². The van der Waals surface area contributed by atoms with E-state index in [0.29, 0.717) is 23.1 Å². The molecule has 17 heavy (non-hydrogen) atoms. The van der Waals surface area contributed by atoms with Crippen LogP contribution in [0.25, 0.3) is 0 Å². The Labute approximate surface area is 116 Å². The zero-order valence-corrected chi connectivity index (χ0v) is 11.8. The second-order valence-electron chi connectivity index (χ2n) is 3.70. The molecule has 0 bridgehead atoms. The van der Waals surface area contributed by atoms with Gasteiger partial charge in [-0.15, -0.1) is 11.6 Å². The molecule has 0 radical (unpaired) electrons. The number of halogens is 3. The maximum Gasteiger partial charge on any atom is 0.237 e. The summed E-state index contributed by atoms with van der Waals surface area (Å²) >= 11 is 17.3. The highest BCUT2D eigenvalue weighted by Gasteiger charge is 2.12. The molecule has 0 saturated heterocycles. The number of hydrogen-bond donors (Lipinski definition) is 0. The van der Waals surface area contributed by atoms with Crippen molar-refractivity contribution in [3.05, 3.63) is 33.8 Å². The van der Waals surface area contributed by atoms with Gasteiger partial charge in [0, 0.05) is 13.1 Å². The van der Waals surface area contributed by atoms with E-state index >= 15 is 0 Å². The van der Waals surface area contributed by atoms with Crippen molar-refractivity contribution in [2.75, 3.05) is 12.4 Å². The van der Waals surface area contributed by atoms with Gasteiger partial charge in [-0.2, -0.15) is 0 Å². The molecule has 1 rings (SSSR count). The van der Waals surface area contributed by atoms with Gasteiger partial charge >= 0.3 is 0 Å². The summed E-state index contributed by atoms with van der Waals surface area (Å²) in [7, 11) is 0. The van der Waals surface area contributed by atoms with Crippen LogP contribution in [-0.4, -0.2) is 23.2 Å². The van der Waals surface area contributed by atoms with Gasteiger partial charge in [0.25, 0.3) is 0 Å². The van der Waals surface area contributed by atoms with Crippen molar-refractivity contribution >= 4 is 40.7 Å². The van der Waals surface area contributed by atoms with Crippen LogP contribution in [-0.2, 0) is 11.3 Å². The van der Waals surface area contributed by atoms with Gasteiger partial charge in [-0.05, 0) is 24.1 Å². The van der Waals surface area contributed by atoms with Crippen molar-refractivity contribution in [1.82, 2.24) is 4.90 Å². The van der Waals surface area contributed by atoms with Crippen LogP contribution in [0.5, 0.6) is 0 Å². The highest BCUT2D eigenvalue weighted by Crippen LogP contribution is 2.23. The van der Waals surface area contributed by atoms with Gasteiger partial charge in [-0.3, -0.25) is 4.79 Å². The second-order valence-corrected chi connectivity index (χ2v) is 4.78. The van der Waals surface area contributed by atoms with Crippen molar-refractivity contribution < 1.29 is 4.79 Å². The first-order valence-electron chi connectivity index (χ1n) is 5.36. The molecule has 94 valence electrons. The smallest absolute Gasteiger partial charge is 0.237 e. The van der Waals surface area contributed by atoms with E-state index in [4.69, 9.17) is 34.8 Å². The third-order valence-electron chi connectivity index (χ3n) is 2.32. The first-order valence-corrected chi connectivity index (χ1v) is 6.65. The minimum absolute atomic E-state index is 0.00131. The van der Waals surface area contributed by atoms with Crippen LogP contribution < -0.4 is 0 Å². The fourth-order valence-electron chi connectivity index (χ4n) is 1.50. The molecule has 0 fully saturated rings. The summed E-state index contributed by atoms with van der Waals surface area (Å²) in [5.41, 5.74) is 0.950. The van der Waals surface area contributed by atoms with Gasteiger partial charge in [-0.25, -0.2) is 0 Å². The lowest BCUT2D eigenvalue weighted by atomic mass is 10.2. The largest absolute Gasteiger partial charge is 0.337 e. The van der Waals surface area contributed by atoms with E-state index in [1.165, 1.54) is 0 Å². The Balaban J connectivity index is 2.78. The third-order valence-corrected chi connectivity index (χ3v) is 3.29. The molecule has 0 N–H and O–H groups in total. The van der Waals surface area contributed by atoms with Crippen molar-refractivity contribution in [2.45, 2.75) is 19.9 Å². The Morgan fingerprint density at radius 2 is 2.00 bits per heavy atom. The van der Waals surface area contributed by atoms with E-state index in [-0.39, 0.29) is 11.8 Å². The summed E-state index contributed by atoms with van der Waals surface area (Å²) in [5, 5.41) is 1.01. The number of rotatable bonds is 5. The number of carbonyl (C=O) groups excluding carboxylic acids is 1. The minimum Gasteiger partial charge on any atom is -0.337 e. The monoisotopic (exact) mass is 293 g/mol. The minimum atomic E-state index is -0.0698. The number of alkyl halides is 1. The molecule has 1 aromatic carbocycles. The van der Waals surface area contributed by atoms with Crippen molar-refractivity contribution in [2.24, 2.45) is 0 Å². The Kier molecular flexibility index (Phi) is 6.10. The molecule has 0 heterocycles. The Hall–Kier alpha value is -0.440. The molecule has 0 spiro atoms. The van der Waals surface area contributed by atoms with Gasteiger partial charge in [0.15, 0.2) is 0 Å². The SMILES string of the molecule is CCCN(Cc1ccc(Cl)c(Cl)c1)C(=O)CCl. The lowest BCUT2D eigenvalue weighted by Gasteiger charge is -2.21. The summed E-state index contributed by atoms with van der Waals surface area (Å²) in [5.74, 6) is -0.0685. The summed E-state index contributed by atoms with van der Waals surface area (Å²) in [6.45, 7) is 3.21. The number of nitrogens with zero attached hydrogens (tertiary/aromatic N) is 1. The number of amides is 1. The molecule has 0 aliphatic heterocycles. The van der Waals surface area contributed by atoms with Crippen LogP contribution in [0, 0.1) is 0 Å². The summed E-state index contributed by atoms with van der Waals surface area (Å²) in [6.07, 6.45) is 0.893. The lowest BCUT2D eigenvalue weighted by Crippen LogP contribution is -2.32. The van der Waals surface area contributed by atoms with Crippen LogP contribution >= 0.6 is 34.8 Å². The fraction of sp³-hybridized carbons (Fsp3) is 0.417. The van der Waals surface area contributed by atoms with Gasteiger partial charge in [0.2, 0.25) is 5.91 Å². The topological polar surface area (TPSA) is 20.3 Å². The quantitative estimate of drug-likeness (QED) is 0.753. The van der Waals surface area contributed by atoms with E-state index in [1.807, 2.05) is 13.0 Å². The Bertz CT molecular complexity index is 395. The molecular weight excluding hydrogens is 280 g/mol. The molecule has 0 atom stereocenters. The number of hydrogen-bond acceptors (Lipinski definition) is 1. The number of carbonyl (C=O) groups is 1. The molecule has 0 aromatic heterocycles. The highest BCUT2D eigenvalue weighted by molar-refractivity contribution is 6.42. The second kappa shape index (κ2) is 7.10. The Morgan fingerprint density at radius 1 is 1.29 bits per heavy atom. The van der Waals surface area contributed by atoms with E-state index in [9.17, 15) is 4.79 Å². The van der Waals surface area contributed by atoms with E-state index < -0.39 is 0 Å². The van der Waals surface area contributed by atoms with Gasteiger partial charge in [0.1, 0.15) is 5.88 Å². The van der Waals surface area contributed by atoms with Crippen LogP contribution in [0.3, 0.4) is 0 Å². The first-order chi connectivity index (χ1) is 8.08. The van der Waals surface area contributed by atoms with Gasteiger partial charge in [0.05, 0.1) is 10.0 Å². The number of benzene rings is 1. The van der Waals surface area contributed by atoms with Crippen molar-refractivity contribution in [3.8, 4) is 0 Å². The zero-order chi connectivity index (χ0) is 12.8. The predicted molar refractivity (Wildman–Crippen MR) is 72.9 cm³/mol. The predicted octanol–water partition coefficient (Wildman–Crippen LogP) is 3.97. The third kappa shape index (κ3) is 4.38. The highest BCUT2D eigenvalue weighted by atomic mass is 35.5. The standard InChI is InChI=1S/C12H14Cl3NO/c1-2-5-16(12(17)7-13)8-9-3-4-10(14)11(15)6-9/h3-4,6H,2,5,7-8H2,1H3. The fourth-order valence-corrected chi connectivity index (χ4v) is 1.99. The maximum atomic E-state index is 11.6. The molecular formula is C12H14Cl3NO. The van der Waals surface area contributed by atoms with Crippen LogP contribution in [0.1, 0.15) is 18.9 Å². The average molecular weight is 295 g/mol. The summed E-state index contributed by atoms with van der Waals surface area (Å²) in [4.78, 5) is 13.3. The van der Waals surface area contributed by atoms with Crippen molar-refractivity contribution in [1.29, 1.82) is 0 Å². The molecule has 0 saturated carbocycles. The van der Waals surface area contributed by atoms with Crippen LogP contribution in [0.4, 0.5) is 0 Å².